The summed E-state index contributed by atoms with van der Waals surface area (Å²) >= 11 is -2.25. The van der Waals surface area contributed by atoms with Crippen LogP contribution in [0.1, 0.15) is 112 Å². The summed E-state index contributed by atoms with van der Waals surface area (Å²) in [6, 6.07) is 26.2. The summed E-state index contributed by atoms with van der Waals surface area (Å²) < 4.78 is 4.40. The van der Waals surface area contributed by atoms with E-state index in [1.54, 1.807) is 11.1 Å². The maximum atomic E-state index is 2.64. The Bertz CT molecular complexity index is 1440. The van der Waals surface area contributed by atoms with Crippen LogP contribution in [0.4, 0.5) is 0 Å². The van der Waals surface area contributed by atoms with Crippen molar-refractivity contribution >= 4 is 8.78 Å². The zero-order valence-electron chi connectivity index (χ0n) is 25.6. The molecule has 0 heterocycles. The normalized spacial score (nSPS) is 16.5. The minimum absolute atomic E-state index is 0. The maximum Gasteiger partial charge on any atom is -1.00 e. The van der Waals surface area contributed by atoms with Crippen LogP contribution in [-0.2, 0) is 32.1 Å². The Balaban J connectivity index is 0.00000194. The first-order chi connectivity index (χ1) is 18.6. The van der Waals surface area contributed by atoms with Gasteiger partial charge in [-0.05, 0) is 0 Å². The fourth-order valence-electron chi connectivity index (χ4n) is 6.90. The van der Waals surface area contributed by atoms with Gasteiger partial charge < -0.3 is 24.8 Å². The Morgan fingerprint density at radius 3 is 1.71 bits per heavy atom. The van der Waals surface area contributed by atoms with Gasteiger partial charge in [0, 0.05) is 0 Å². The molecule has 0 nitrogen and oxygen atoms in total. The number of allylic oxidation sites excluding steroid dienone is 4. The number of rotatable bonds is 3. The van der Waals surface area contributed by atoms with Crippen molar-refractivity contribution < 1.29 is 46.1 Å². The molecule has 0 bridgehead atoms. The van der Waals surface area contributed by atoms with E-state index in [-0.39, 0.29) is 35.6 Å². The van der Waals surface area contributed by atoms with Crippen LogP contribution in [0.25, 0.3) is 16.7 Å². The van der Waals surface area contributed by atoms with Crippen molar-refractivity contribution in [3.05, 3.63) is 110 Å². The zero-order chi connectivity index (χ0) is 27.4. The molecular weight excluding hydrogens is 619 g/mol. The van der Waals surface area contributed by atoms with E-state index in [9.17, 15) is 0 Å². The molecule has 0 radical (unpaired) electrons. The van der Waals surface area contributed by atoms with Gasteiger partial charge >= 0.3 is 246 Å². The molecule has 0 N–H and O–H groups in total. The topological polar surface area (TPSA) is 0 Å². The van der Waals surface area contributed by atoms with Gasteiger partial charge in [-0.1, -0.05) is 0 Å². The molecule has 3 aromatic carbocycles. The first kappa shape index (κ1) is 32.4. The van der Waals surface area contributed by atoms with E-state index in [0.29, 0.717) is 3.63 Å². The second kappa shape index (κ2) is 12.6. The average molecular weight is 663 g/mol. The van der Waals surface area contributed by atoms with E-state index in [2.05, 4.69) is 120 Å². The number of halogens is 2. The molecule has 3 heteroatoms. The Morgan fingerprint density at radius 2 is 1.20 bits per heavy atom. The minimum atomic E-state index is -2.25. The Morgan fingerprint density at radius 1 is 0.659 bits per heavy atom. The quantitative estimate of drug-likeness (QED) is 0.388. The second-order valence-corrected chi connectivity index (χ2v) is 20.8. The number of hydrogen-bond donors (Lipinski definition) is 0. The molecule has 0 amide bonds. The van der Waals surface area contributed by atoms with Gasteiger partial charge in [0.25, 0.3) is 0 Å². The monoisotopic (exact) mass is 660 g/mol. The molecule has 0 aliphatic heterocycles. The molecule has 0 aromatic heterocycles. The van der Waals surface area contributed by atoms with Crippen molar-refractivity contribution in [1.82, 2.24) is 0 Å². The number of fused-ring (bicyclic) bond motifs is 3. The van der Waals surface area contributed by atoms with Gasteiger partial charge in [0.2, 0.25) is 0 Å². The van der Waals surface area contributed by atoms with Crippen LogP contribution in [-0.4, -0.2) is 3.21 Å². The van der Waals surface area contributed by atoms with Gasteiger partial charge in [-0.25, -0.2) is 0 Å². The van der Waals surface area contributed by atoms with E-state index in [4.69, 9.17) is 0 Å². The van der Waals surface area contributed by atoms with Crippen LogP contribution in [0.3, 0.4) is 0 Å². The summed E-state index contributed by atoms with van der Waals surface area (Å²) in [6.45, 7) is 14.1. The van der Waals surface area contributed by atoms with Crippen molar-refractivity contribution in [3.63, 3.8) is 0 Å². The van der Waals surface area contributed by atoms with Crippen molar-refractivity contribution in [1.29, 1.82) is 0 Å². The van der Waals surface area contributed by atoms with E-state index < -0.39 is 21.3 Å². The molecule has 6 rings (SSSR count). The third-order valence-corrected chi connectivity index (χ3v) is 17.8. The molecule has 3 aromatic rings. The van der Waals surface area contributed by atoms with Gasteiger partial charge in [-0.2, -0.15) is 0 Å². The van der Waals surface area contributed by atoms with Gasteiger partial charge in [0.05, 0.1) is 0 Å². The molecule has 0 atom stereocenters. The van der Waals surface area contributed by atoms with E-state index in [1.165, 1.54) is 65.5 Å². The molecule has 0 spiro atoms. The first-order valence-corrected chi connectivity index (χ1v) is 19.0. The third kappa shape index (κ3) is 6.39. The fourth-order valence-corrected chi connectivity index (χ4v) is 16.5. The van der Waals surface area contributed by atoms with Crippen LogP contribution in [0.15, 0.2) is 82.2 Å². The molecule has 1 saturated carbocycles. The van der Waals surface area contributed by atoms with Crippen LogP contribution in [0.5, 0.6) is 0 Å². The predicted octanol–water partition coefficient (Wildman–Crippen LogP) is 4.49. The standard InChI is InChI=1S/C21H25.C11H9.C6H10.2ClH.Zr/c1-20(2,3)16-9-7-14-11-15-8-10-17(21(4,5)6)13-19(15)18(14)12-16;1-2-6-10(7-3-1)11-8-4-5-9-11;1-2-4-6-5-3-1;;;/h7-13H,1-6H3;1-3,6-9H,4H2;1-5H2;2*1H;/q;;;;;+2/p-2. The van der Waals surface area contributed by atoms with Crippen molar-refractivity contribution in [3.8, 4) is 11.1 Å². The third-order valence-electron chi connectivity index (χ3n) is 9.20. The zero-order valence-corrected chi connectivity index (χ0v) is 29.6. The molecule has 3 aliphatic carbocycles. The van der Waals surface area contributed by atoms with Gasteiger partial charge in [0.15, 0.2) is 0 Å². The molecule has 0 unspecified atom stereocenters. The van der Waals surface area contributed by atoms with Crippen molar-refractivity contribution in [2.45, 2.75) is 94.5 Å². The van der Waals surface area contributed by atoms with Crippen LogP contribution >= 0.6 is 0 Å². The average Bonchev–Trinajstić information content (AvgIpc) is 3.52. The molecule has 41 heavy (non-hydrogen) atoms. The van der Waals surface area contributed by atoms with Gasteiger partial charge in [-0.15, -0.1) is 0 Å². The fraction of sp³-hybridized carbons (Fsp3) is 0.395. The summed E-state index contributed by atoms with van der Waals surface area (Å²) in [5, 5.41) is 0. The smallest absolute Gasteiger partial charge is 1.00 e. The Hall–Kier alpha value is -1.53. The molecular formula is C38H44Cl2Zr. The SMILES string of the molecule is CC(C)(C)c1ccc2c(c1)-c1cc(C(C)(C)C)ccc1[CH]2[Zr+2]([C]1=CC(c2ccccc2)=CC1)=[C]1CCCCC1.[Cl-].[Cl-]. The largest absolute Gasteiger partial charge is 1.00 e. The summed E-state index contributed by atoms with van der Waals surface area (Å²) in [4.78, 5) is 0. The Labute approximate surface area is 268 Å². The Kier molecular flexibility index (Phi) is 9.96. The van der Waals surface area contributed by atoms with Crippen LogP contribution < -0.4 is 24.8 Å². The molecule has 214 valence electrons. The van der Waals surface area contributed by atoms with Gasteiger partial charge in [0.1, 0.15) is 0 Å². The first-order valence-electron chi connectivity index (χ1n) is 15.1. The van der Waals surface area contributed by atoms with Crippen molar-refractivity contribution in [2.24, 2.45) is 0 Å². The molecule has 0 saturated heterocycles. The summed E-state index contributed by atoms with van der Waals surface area (Å²) in [7, 11) is 0. The maximum absolute atomic E-state index is 2.64. The summed E-state index contributed by atoms with van der Waals surface area (Å²) in [6.07, 6.45) is 13.3. The van der Waals surface area contributed by atoms with E-state index in [1.807, 2.05) is 6.49 Å². The summed E-state index contributed by atoms with van der Waals surface area (Å²) in [5.74, 6) is 0. The van der Waals surface area contributed by atoms with Crippen LogP contribution in [0.2, 0.25) is 0 Å². The van der Waals surface area contributed by atoms with Crippen molar-refractivity contribution in [2.75, 3.05) is 0 Å². The van der Waals surface area contributed by atoms with E-state index >= 15 is 0 Å². The predicted molar refractivity (Wildman–Crippen MR) is 166 cm³/mol. The minimum Gasteiger partial charge on any atom is -1.00 e. The molecule has 3 aliphatic rings. The second-order valence-electron chi connectivity index (χ2n) is 14.0. The van der Waals surface area contributed by atoms with E-state index in [0.717, 1.165) is 6.42 Å². The number of benzene rings is 3. The van der Waals surface area contributed by atoms with Crippen LogP contribution in [0, 0.1) is 0 Å². The summed E-state index contributed by atoms with van der Waals surface area (Å²) in [5.41, 5.74) is 12.3. The molecule has 1 fully saturated rings. The number of hydrogen-bond acceptors (Lipinski definition) is 0. The van der Waals surface area contributed by atoms with Gasteiger partial charge in [-0.3, -0.25) is 0 Å².